The molecule has 1 aromatic heterocycles. The molecular weight excluding hydrogens is 268 g/mol. The molecule has 2 rings (SSSR count). The standard InChI is InChI=1S/C14H26N6O/c1-5-11-10-19(4)8-7-9-20(11)13-16-12(15-3)17-14(18-13)21-6-2/h11H,5-10H2,1-4H3,(H,15,16,17,18). The van der Waals surface area contributed by atoms with Crippen molar-refractivity contribution in [1.29, 1.82) is 0 Å². The van der Waals surface area contributed by atoms with E-state index in [2.05, 4.69) is 44.0 Å². The second kappa shape index (κ2) is 7.40. The van der Waals surface area contributed by atoms with Crippen LogP contribution >= 0.6 is 0 Å². The molecule has 1 saturated heterocycles. The average Bonchev–Trinajstić information content (AvgIpc) is 2.68. The Balaban J connectivity index is 2.30. The van der Waals surface area contributed by atoms with Gasteiger partial charge in [-0.2, -0.15) is 15.0 Å². The van der Waals surface area contributed by atoms with Crippen molar-refractivity contribution in [1.82, 2.24) is 19.9 Å². The van der Waals surface area contributed by atoms with E-state index in [-0.39, 0.29) is 0 Å². The third kappa shape index (κ3) is 3.93. The minimum Gasteiger partial charge on any atom is -0.464 e. The Morgan fingerprint density at radius 1 is 1.24 bits per heavy atom. The SMILES string of the molecule is CCOc1nc(NC)nc(N2CCCN(C)CC2CC)n1. The normalized spacial score (nSPS) is 20.2. The molecule has 0 saturated carbocycles. The zero-order valence-corrected chi connectivity index (χ0v) is 13.5. The van der Waals surface area contributed by atoms with Gasteiger partial charge in [0.2, 0.25) is 11.9 Å². The van der Waals surface area contributed by atoms with Gasteiger partial charge < -0.3 is 19.9 Å². The minimum absolute atomic E-state index is 0.388. The van der Waals surface area contributed by atoms with Gasteiger partial charge in [0.25, 0.3) is 0 Å². The molecule has 1 unspecified atom stereocenters. The van der Waals surface area contributed by atoms with Crippen LogP contribution in [0, 0.1) is 0 Å². The lowest BCUT2D eigenvalue weighted by atomic mass is 10.2. The molecule has 1 atom stereocenters. The molecule has 0 aromatic carbocycles. The highest BCUT2D eigenvalue weighted by molar-refractivity contribution is 5.39. The molecule has 1 fully saturated rings. The van der Waals surface area contributed by atoms with E-state index in [1.54, 1.807) is 0 Å². The maximum absolute atomic E-state index is 5.46. The highest BCUT2D eigenvalue weighted by atomic mass is 16.5. The van der Waals surface area contributed by atoms with Crippen LogP contribution in [0.4, 0.5) is 11.9 Å². The summed E-state index contributed by atoms with van der Waals surface area (Å²) in [5.74, 6) is 1.26. The monoisotopic (exact) mass is 294 g/mol. The molecule has 0 aliphatic carbocycles. The maximum atomic E-state index is 5.46. The highest BCUT2D eigenvalue weighted by Gasteiger charge is 2.25. The van der Waals surface area contributed by atoms with Crippen LogP contribution in [0.3, 0.4) is 0 Å². The summed E-state index contributed by atoms with van der Waals surface area (Å²) in [5, 5.41) is 2.98. The van der Waals surface area contributed by atoms with Crippen LogP contribution in [0.5, 0.6) is 6.01 Å². The van der Waals surface area contributed by atoms with E-state index >= 15 is 0 Å². The van der Waals surface area contributed by atoms with E-state index in [9.17, 15) is 0 Å². The zero-order chi connectivity index (χ0) is 15.2. The second-order valence-corrected chi connectivity index (χ2v) is 5.30. The molecule has 1 aliphatic heterocycles. The summed E-state index contributed by atoms with van der Waals surface area (Å²) in [6, 6.07) is 0.804. The molecule has 7 heteroatoms. The van der Waals surface area contributed by atoms with Crippen molar-refractivity contribution in [2.45, 2.75) is 32.7 Å². The molecule has 1 aromatic rings. The summed E-state index contributed by atoms with van der Waals surface area (Å²) >= 11 is 0. The number of aromatic nitrogens is 3. The molecule has 7 nitrogen and oxygen atoms in total. The summed E-state index contributed by atoms with van der Waals surface area (Å²) in [6.45, 7) is 7.78. The predicted octanol–water partition coefficient (Wildman–Crippen LogP) is 1.23. The third-order valence-electron chi connectivity index (χ3n) is 3.73. The van der Waals surface area contributed by atoms with Gasteiger partial charge in [0.15, 0.2) is 0 Å². The van der Waals surface area contributed by atoms with Crippen LogP contribution in [-0.4, -0.2) is 66.2 Å². The van der Waals surface area contributed by atoms with Crippen molar-refractivity contribution in [3.63, 3.8) is 0 Å². The first-order chi connectivity index (χ1) is 10.2. The van der Waals surface area contributed by atoms with Crippen molar-refractivity contribution < 1.29 is 4.74 Å². The third-order valence-corrected chi connectivity index (χ3v) is 3.73. The molecule has 118 valence electrons. The summed E-state index contributed by atoms with van der Waals surface area (Å²) in [5.41, 5.74) is 0. The van der Waals surface area contributed by atoms with Gasteiger partial charge in [-0.3, -0.25) is 0 Å². The molecule has 0 spiro atoms. The largest absolute Gasteiger partial charge is 0.464 e. The van der Waals surface area contributed by atoms with Gasteiger partial charge in [0.05, 0.1) is 6.61 Å². The first kappa shape index (κ1) is 15.8. The van der Waals surface area contributed by atoms with Crippen LogP contribution in [0.25, 0.3) is 0 Å². The summed E-state index contributed by atoms with van der Waals surface area (Å²) in [6.07, 6.45) is 2.17. The van der Waals surface area contributed by atoms with E-state index in [0.717, 1.165) is 32.5 Å². The highest BCUT2D eigenvalue weighted by Crippen LogP contribution is 2.21. The van der Waals surface area contributed by atoms with Gasteiger partial charge in [-0.25, -0.2) is 0 Å². The zero-order valence-electron chi connectivity index (χ0n) is 13.5. The number of anilines is 2. The fourth-order valence-corrected chi connectivity index (χ4v) is 2.64. The average molecular weight is 294 g/mol. The topological polar surface area (TPSA) is 66.4 Å². The van der Waals surface area contributed by atoms with E-state index in [1.807, 2.05) is 14.0 Å². The Labute approximate surface area is 126 Å². The Kier molecular flexibility index (Phi) is 5.55. The lowest BCUT2D eigenvalue weighted by Crippen LogP contribution is -2.41. The number of nitrogens with one attached hydrogen (secondary N) is 1. The minimum atomic E-state index is 0.388. The van der Waals surface area contributed by atoms with Crippen LogP contribution in [0.15, 0.2) is 0 Å². The van der Waals surface area contributed by atoms with Crippen molar-refractivity contribution in [3.05, 3.63) is 0 Å². The van der Waals surface area contributed by atoms with Gasteiger partial charge in [0.1, 0.15) is 0 Å². The number of hydrogen-bond donors (Lipinski definition) is 1. The van der Waals surface area contributed by atoms with Gasteiger partial charge >= 0.3 is 6.01 Å². The molecule has 0 radical (unpaired) electrons. The van der Waals surface area contributed by atoms with Gasteiger partial charge in [-0.15, -0.1) is 0 Å². The van der Waals surface area contributed by atoms with E-state index in [1.165, 1.54) is 0 Å². The Morgan fingerprint density at radius 2 is 2.05 bits per heavy atom. The maximum Gasteiger partial charge on any atom is 0.323 e. The Hall–Kier alpha value is -1.63. The van der Waals surface area contributed by atoms with Crippen molar-refractivity contribution in [3.8, 4) is 6.01 Å². The summed E-state index contributed by atoms with van der Waals surface area (Å²) < 4.78 is 5.46. The predicted molar refractivity (Wildman–Crippen MR) is 84.1 cm³/mol. The molecule has 21 heavy (non-hydrogen) atoms. The van der Waals surface area contributed by atoms with Crippen molar-refractivity contribution in [2.24, 2.45) is 0 Å². The van der Waals surface area contributed by atoms with Crippen LogP contribution < -0.4 is 15.0 Å². The van der Waals surface area contributed by atoms with E-state index in [4.69, 9.17) is 4.74 Å². The second-order valence-electron chi connectivity index (χ2n) is 5.30. The van der Waals surface area contributed by atoms with Gasteiger partial charge in [0, 0.05) is 26.2 Å². The number of hydrogen-bond acceptors (Lipinski definition) is 7. The summed E-state index contributed by atoms with van der Waals surface area (Å²) in [7, 11) is 3.98. The van der Waals surface area contributed by atoms with Crippen LogP contribution in [0.2, 0.25) is 0 Å². The lowest BCUT2D eigenvalue weighted by Gasteiger charge is -2.30. The van der Waals surface area contributed by atoms with Crippen LogP contribution in [-0.2, 0) is 0 Å². The quantitative estimate of drug-likeness (QED) is 0.876. The Bertz CT molecular complexity index is 455. The molecule has 0 amide bonds. The van der Waals surface area contributed by atoms with Gasteiger partial charge in [-0.05, 0) is 33.4 Å². The van der Waals surface area contributed by atoms with Crippen LogP contribution in [0.1, 0.15) is 26.7 Å². The van der Waals surface area contributed by atoms with Gasteiger partial charge in [-0.1, -0.05) is 6.92 Å². The molecule has 1 aliphatic rings. The lowest BCUT2D eigenvalue weighted by molar-refractivity contribution is 0.310. The molecule has 1 N–H and O–H groups in total. The molecular formula is C14H26N6O. The van der Waals surface area contributed by atoms with Crippen molar-refractivity contribution in [2.75, 3.05) is 50.6 Å². The van der Waals surface area contributed by atoms with Crippen molar-refractivity contribution >= 4 is 11.9 Å². The fraction of sp³-hybridized carbons (Fsp3) is 0.786. The smallest absolute Gasteiger partial charge is 0.323 e. The van der Waals surface area contributed by atoms with E-state index < -0.39 is 0 Å². The molecule has 0 bridgehead atoms. The number of rotatable bonds is 5. The number of likely N-dealkylation sites (N-methyl/N-ethyl adjacent to an activating group) is 1. The summed E-state index contributed by atoms with van der Waals surface area (Å²) in [4.78, 5) is 17.9. The first-order valence-electron chi connectivity index (χ1n) is 7.69. The fourth-order valence-electron chi connectivity index (χ4n) is 2.64. The number of nitrogens with zero attached hydrogens (tertiary/aromatic N) is 5. The Morgan fingerprint density at radius 3 is 2.71 bits per heavy atom. The van der Waals surface area contributed by atoms with E-state index in [0.29, 0.717) is 30.6 Å². The molecule has 2 heterocycles. The first-order valence-corrected chi connectivity index (χ1v) is 7.69. The number of ether oxygens (including phenoxy) is 1.